The van der Waals surface area contributed by atoms with Crippen LogP contribution < -0.4 is 11.1 Å². The number of pyridine rings is 1. The fourth-order valence-corrected chi connectivity index (χ4v) is 2.63. The molecule has 2 heterocycles. The van der Waals surface area contributed by atoms with Crippen molar-refractivity contribution < 1.29 is 4.79 Å². The highest BCUT2D eigenvalue weighted by atomic mass is 35.5. The van der Waals surface area contributed by atoms with Crippen molar-refractivity contribution in [2.75, 3.05) is 5.32 Å². The first-order chi connectivity index (χ1) is 12.3. The lowest BCUT2D eigenvalue weighted by atomic mass is 10.0. The van der Waals surface area contributed by atoms with Crippen molar-refractivity contribution in [3.63, 3.8) is 0 Å². The molecule has 0 unspecified atom stereocenters. The van der Waals surface area contributed by atoms with Crippen molar-refractivity contribution >= 4 is 46.2 Å². The molecule has 0 bridgehead atoms. The van der Waals surface area contributed by atoms with Crippen molar-refractivity contribution in [3.8, 4) is 11.3 Å². The third-order valence-corrected chi connectivity index (χ3v) is 4.44. The van der Waals surface area contributed by atoms with Gasteiger partial charge in [0.25, 0.3) is 0 Å². The summed E-state index contributed by atoms with van der Waals surface area (Å²) in [6.45, 7) is 3.73. The van der Waals surface area contributed by atoms with E-state index in [0.29, 0.717) is 27.1 Å². The number of carbonyl (C=O) groups is 1. The molecule has 0 saturated heterocycles. The number of aromatic nitrogens is 3. The van der Waals surface area contributed by atoms with Crippen molar-refractivity contribution in [2.45, 2.75) is 0 Å². The van der Waals surface area contributed by atoms with E-state index in [2.05, 4.69) is 22.0 Å². The van der Waals surface area contributed by atoms with Gasteiger partial charge >= 0.3 is 0 Å². The molecule has 26 heavy (non-hydrogen) atoms. The number of halogens is 2. The van der Waals surface area contributed by atoms with E-state index in [0.717, 1.165) is 11.3 Å². The maximum Gasteiger partial charge on any atom is 0.248 e. The van der Waals surface area contributed by atoms with Crippen molar-refractivity contribution in [1.82, 2.24) is 14.8 Å². The summed E-state index contributed by atoms with van der Waals surface area (Å²) in [5.74, 6) is -0.0538. The molecule has 6 nitrogen and oxygen atoms in total. The summed E-state index contributed by atoms with van der Waals surface area (Å²) in [6, 6.07) is 8.84. The van der Waals surface area contributed by atoms with Crippen LogP contribution in [0.1, 0.15) is 5.56 Å². The maximum atomic E-state index is 11.4. The van der Waals surface area contributed by atoms with Gasteiger partial charge in [0.2, 0.25) is 5.91 Å². The molecule has 0 fully saturated rings. The van der Waals surface area contributed by atoms with E-state index in [9.17, 15) is 4.79 Å². The van der Waals surface area contributed by atoms with E-state index in [4.69, 9.17) is 28.9 Å². The lowest BCUT2D eigenvalue weighted by molar-refractivity contribution is -0.112. The highest BCUT2D eigenvalue weighted by Crippen LogP contribution is 2.33. The number of nitrogens with zero attached hydrogens (tertiary/aromatic N) is 3. The van der Waals surface area contributed by atoms with Crippen LogP contribution in [-0.4, -0.2) is 20.7 Å². The van der Waals surface area contributed by atoms with Gasteiger partial charge in [0.05, 0.1) is 15.7 Å². The second-order valence-electron chi connectivity index (χ2n) is 5.59. The highest BCUT2D eigenvalue weighted by Gasteiger charge is 2.14. The summed E-state index contributed by atoms with van der Waals surface area (Å²) in [5, 5.41) is 8.38. The molecular weight excluding hydrogens is 373 g/mol. The van der Waals surface area contributed by atoms with Gasteiger partial charge in [0.1, 0.15) is 5.82 Å². The number of nitrogens with two attached hydrogens (primary N) is 1. The Bertz CT molecular complexity index is 1010. The van der Waals surface area contributed by atoms with Crippen LogP contribution in [0.25, 0.3) is 16.8 Å². The van der Waals surface area contributed by atoms with Crippen LogP contribution in [0.3, 0.4) is 0 Å². The Morgan fingerprint density at radius 3 is 2.62 bits per heavy atom. The van der Waals surface area contributed by atoms with Crippen LogP contribution in [0.2, 0.25) is 10.0 Å². The Labute approximate surface area is 160 Å². The lowest BCUT2D eigenvalue weighted by Gasteiger charge is -2.13. The molecule has 1 amide bonds. The standard InChI is InChI=1S/C18H15Cl2N5O/c1-10(18(21)26)11-3-4-15(12(7-11)16-5-6-25(2)24-16)23-17-8-13(19)14(20)9-22-17/h3-9H,1H2,2H3,(H2,21,26)(H,22,23). The van der Waals surface area contributed by atoms with E-state index in [1.165, 1.54) is 6.20 Å². The van der Waals surface area contributed by atoms with Crippen LogP contribution in [0.5, 0.6) is 0 Å². The summed E-state index contributed by atoms with van der Waals surface area (Å²) >= 11 is 12.0. The molecule has 0 aliphatic rings. The van der Waals surface area contributed by atoms with Gasteiger partial charge in [-0.2, -0.15) is 5.10 Å². The molecule has 1 aromatic carbocycles. The largest absolute Gasteiger partial charge is 0.366 e. The lowest BCUT2D eigenvalue weighted by Crippen LogP contribution is -2.12. The number of benzene rings is 1. The summed E-state index contributed by atoms with van der Waals surface area (Å²) in [6.07, 6.45) is 3.29. The van der Waals surface area contributed by atoms with Crippen LogP contribution in [0.4, 0.5) is 11.5 Å². The number of primary amides is 1. The summed E-state index contributed by atoms with van der Waals surface area (Å²) in [5.41, 5.74) is 8.39. The second-order valence-corrected chi connectivity index (χ2v) is 6.40. The number of hydrogen-bond donors (Lipinski definition) is 2. The molecule has 132 valence electrons. The fraction of sp³-hybridized carbons (Fsp3) is 0.0556. The van der Waals surface area contributed by atoms with Crippen LogP contribution >= 0.6 is 23.2 Å². The van der Waals surface area contributed by atoms with Crippen molar-refractivity contribution in [1.29, 1.82) is 0 Å². The molecular formula is C18H15Cl2N5O. The minimum atomic E-state index is -0.580. The fourth-order valence-electron chi connectivity index (χ4n) is 2.37. The summed E-state index contributed by atoms with van der Waals surface area (Å²) < 4.78 is 1.69. The molecule has 0 spiro atoms. The van der Waals surface area contributed by atoms with Crippen LogP contribution in [0, 0.1) is 0 Å². The quantitative estimate of drug-likeness (QED) is 0.647. The first-order valence-corrected chi connectivity index (χ1v) is 8.32. The van der Waals surface area contributed by atoms with E-state index in [-0.39, 0.29) is 5.57 Å². The number of amides is 1. The van der Waals surface area contributed by atoms with Gasteiger partial charge in [-0.25, -0.2) is 4.98 Å². The molecule has 0 atom stereocenters. The van der Waals surface area contributed by atoms with Gasteiger partial charge in [-0.05, 0) is 23.8 Å². The molecule has 3 aromatic rings. The number of nitrogens with one attached hydrogen (secondary N) is 1. The van der Waals surface area contributed by atoms with Crippen LogP contribution in [-0.2, 0) is 11.8 Å². The molecule has 0 radical (unpaired) electrons. The number of anilines is 2. The first kappa shape index (κ1) is 18.0. The van der Waals surface area contributed by atoms with Gasteiger partial charge < -0.3 is 11.1 Å². The SMILES string of the molecule is C=C(C(N)=O)c1ccc(Nc2cc(Cl)c(Cl)cn2)c(-c2ccn(C)n2)c1. The number of hydrogen-bond acceptors (Lipinski definition) is 4. The van der Waals surface area contributed by atoms with E-state index < -0.39 is 5.91 Å². The highest BCUT2D eigenvalue weighted by molar-refractivity contribution is 6.42. The minimum Gasteiger partial charge on any atom is -0.366 e. The molecule has 2 aromatic heterocycles. The molecule has 0 aliphatic carbocycles. The summed E-state index contributed by atoms with van der Waals surface area (Å²) in [7, 11) is 1.82. The predicted octanol–water partition coefficient (Wildman–Crippen LogP) is 4.03. The van der Waals surface area contributed by atoms with Gasteiger partial charge in [-0.15, -0.1) is 0 Å². The number of rotatable bonds is 5. The third-order valence-electron chi connectivity index (χ3n) is 3.73. The predicted molar refractivity (Wildman–Crippen MR) is 104 cm³/mol. The number of carbonyl (C=O) groups excluding carboxylic acids is 1. The van der Waals surface area contributed by atoms with Crippen molar-refractivity contribution in [2.24, 2.45) is 12.8 Å². The smallest absolute Gasteiger partial charge is 0.248 e. The van der Waals surface area contributed by atoms with E-state index >= 15 is 0 Å². The zero-order valence-corrected chi connectivity index (χ0v) is 15.3. The van der Waals surface area contributed by atoms with Crippen LogP contribution in [0.15, 0.2) is 49.3 Å². The van der Waals surface area contributed by atoms with E-state index in [1.54, 1.807) is 28.9 Å². The summed E-state index contributed by atoms with van der Waals surface area (Å²) in [4.78, 5) is 15.7. The molecule has 8 heteroatoms. The average Bonchev–Trinajstić information content (AvgIpc) is 3.04. The first-order valence-electron chi connectivity index (χ1n) is 7.56. The van der Waals surface area contributed by atoms with E-state index in [1.807, 2.05) is 19.3 Å². The van der Waals surface area contributed by atoms with Gasteiger partial charge in [-0.1, -0.05) is 35.8 Å². The number of aryl methyl sites for hydroxylation is 1. The average molecular weight is 388 g/mol. The topological polar surface area (TPSA) is 85.8 Å². The Morgan fingerprint density at radius 2 is 2.00 bits per heavy atom. The van der Waals surface area contributed by atoms with Gasteiger partial charge in [0.15, 0.2) is 0 Å². The minimum absolute atomic E-state index is 0.224. The Morgan fingerprint density at radius 1 is 1.23 bits per heavy atom. The third kappa shape index (κ3) is 3.71. The molecule has 0 saturated carbocycles. The second kappa shape index (κ2) is 7.19. The normalized spacial score (nSPS) is 10.6. The Balaban J connectivity index is 2.07. The maximum absolute atomic E-state index is 11.4. The molecule has 3 rings (SSSR count). The molecule has 0 aliphatic heterocycles. The zero-order valence-electron chi connectivity index (χ0n) is 13.8. The Kier molecular flexibility index (Phi) is 4.97. The monoisotopic (exact) mass is 387 g/mol. The zero-order chi connectivity index (χ0) is 18.8. The molecule has 3 N–H and O–H groups in total. The van der Waals surface area contributed by atoms with Crippen molar-refractivity contribution in [3.05, 3.63) is 64.9 Å². The van der Waals surface area contributed by atoms with Gasteiger partial charge in [0, 0.05) is 42.3 Å². The van der Waals surface area contributed by atoms with Gasteiger partial charge in [-0.3, -0.25) is 9.48 Å². The Hall–Kier alpha value is -2.83.